The summed E-state index contributed by atoms with van der Waals surface area (Å²) < 4.78 is 71.8. The van der Waals surface area contributed by atoms with Crippen LogP contribution in [-0.2, 0) is 37.3 Å². The number of hydrogen-bond acceptors (Lipinski definition) is 17. The average Bonchev–Trinajstić information content (AvgIpc) is 3.13. The Labute approximate surface area is 256 Å². The minimum atomic E-state index is -5.74. The largest absolute Gasteiger partial charge is 1.00 e. The number of aromatic nitrogens is 4. The molecule has 1 aliphatic rings. The van der Waals surface area contributed by atoms with E-state index in [2.05, 4.69) is 28.0 Å². The van der Waals surface area contributed by atoms with Crippen LogP contribution in [0.25, 0.3) is 11.2 Å². The normalized spacial score (nSPS) is 22.5. The molecule has 190 valence electrons. The van der Waals surface area contributed by atoms with Crippen LogP contribution in [0.3, 0.4) is 0 Å². The van der Waals surface area contributed by atoms with Crippen molar-refractivity contribution in [3.63, 3.8) is 0 Å². The molecule has 27 heteroatoms. The molecular formula is C10H15Li4N5O15P2S. The molecule has 1 saturated heterocycles. The van der Waals surface area contributed by atoms with Gasteiger partial charge in [-0.2, -0.15) is 0 Å². The number of anilines is 1. The number of phosphoric ester groups is 2. The van der Waals surface area contributed by atoms with Gasteiger partial charge in [-0.25, -0.2) is 27.3 Å². The number of aliphatic hydroxyl groups is 1. The molecule has 7 N–H and O–H groups in total. The zero-order valence-corrected chi connectivity index (χ0v) is 22.3. The van der Waals surface area contributed by atoms with E-state index in [0.29, 0.717) is 0 Å². The first-order chi connectivity index (χ1) is 14.2. The summed E-state index contributed by atoms with van der Waals surface area (Å²) in [6, 6.07) is 0. The maximum absolute atomic E-state index is 11.4. The van der Waals surface area contributed by atoms with Crippen LogP contribution in [0.4, 0.5) is 5.82 Å². The molecule has 3 heterocycles. The van der Waals surface area contributed by atoms with Crippen molar-refractivity contribution >= 4 is 43.0 Å². The number of nitrogens with zero attached hydrogens (tertiary/aromatic N) is 4. The predicted octanol–water partition coefficient (Wildman–Crippen LogP) is -17.8. The van der Waals surface area contributed by atoms with E-state index in [1.165, 1.54) is 0 Å². The van der Waals surface area contributed by atoms with Crippen LogP contribution in [0, 0.1) is 0 Å². The molecule has 37 heavy (non-hydrogen) atoms. The van der Waals surface area contributed by atoms with E-state index in [4.69, 9.17) is 10.5 Å². The van der Waals surface area contributed by atoms with E-state index in [0.717, 1.165) is 17.2 Å². The number of hydrogen-bond donors (Lipinski definition) is 2. The average molecular weight is 567 g/mol. The quantitative estimate of drug-likeness (QED) is 0.129. The van der Waals surface area contributed by atoms with Gasteiger partial charge in [-0.1, -0.05) is 0 Å². The van der Waals surface area contributed by atoms with Crippen LogP contribution in [0.15, 0.2) is 12.7 Å². The molecule has 0 radical (unpaired) electrons. The van der Waals surface area contributed by atoms with E-state index in [1.807, 2.05) is 0 Å². The maximum Gasteiger partial charge on any atom is 1.00 e. The van der Waals surface area contributed by atoms with E-state index in [9.17, 15) is 41.9 Å². The molecule has 2 aromatic heterocycles. The van der Waals surface area contributed by atoms with Crippen molar-refractivity contribution < 1.29 is 146 Å². The number of aliphatic hydroxyl groups excluding tert-OH is 1. The van der Waals surface area contributed by atoms with Crippen molar-refractivity contribution in [2.75, 3.05) is 12.3 Å². The van der Waals surface area contributed by atoms with Gasteiger partial charge in [0.05, 0.1) is 20.8 Å². The fraction of sp³-hybridized carbons (Fsp3) is 0.500. The molecule has 3 rings (SSSR count). The Kier molecular flexibility index (Phi) is 20.4. The molecule has 0 saturated carbocycles. The number of rotatable bonds is 8. The number of nitrogens with two attached hydrogens (primary N) is 1. The third-order valence-electron chi connectivity index (χ3n) is 3.80. The first-order valence-electron chi connectivity index (χ1n) is 7.76. The molecule has 0 aromatic carbocycles. The fourth-order valence-corrected chi connectivity index (χ4v) is 4.67. The second-order valence-electron chi connectivity index (χ2n) is 5.88. The van der Waals surface area contributed by atoms with Gasteiger partial charge in [0, 0.05) is 0 Å². The molecule has 20 nitrogen and oxygen atoms in total. The number of fused-ring (bicyclic) bond motifs is 1. The number of ether oxygens (including phenoxy) is 1. The molecule has 1 aliphatic heterocycles. The molecule has 0 aliphatic carbocycles. The maximum atomic E-state index is 11.4. The first-order valence-corrected chi connectivity index (χ1v) is 12.0. The predicted molar refractivity (Wildman–Crippen MR) is 93.7 cm³/mol. The van der Waals surface area contributed by atoms with Gasteiger partial charge in [0.2, 0.25) is 10.4 Å². The van der Waals surface area contributed by atoms with Gasteiger partial charge < -0.3 is 59.4 Å². The van der Waals surface area contributed by atoms with Crippen molar-refractivity contribution in [3.05, 3.63) is 12.7 Å². The molecule has 5 atom stereocenters. The van der Waals surface area contributed by atoms with Crippen molar-refractivity contribution in [1.29, 1.82) is 0 Å². The van der Waals surface area contributed by atoms with Crippen molar-refractivity contribution in [2.24, 2.45) is 0 Å². The summed E-state index contributed by atoms with van der Waals surface area (Å²) in [5, 5.41) is 10.4. The summed E-state index contributed by atoms with van der Waals surface area (Å²) in [6.07, 6.45) is -5.14. The summed E-state index contributed by atoms with van der Waals surface area (Å²) in [4.78, 5) is 45.0. The Hall–Kier alpha value is 0.710. The van der Waals surface area contributed by atoms with Crippen LogP contribution in [0.2, 0.25) is 0 Å². The van der Waals surface area contributed by atoms with E-state index in [1.54, 1.807) is 0 Å². The zero-order chi connectivity index (χ0) is 23.2. The second-order valence-corrected chi connectivity index (χ2v) is 9.55. The van der Waals surface area contributed by atoms with Crippen LogP contribution < -0.4 is 95.9 Å². The molecular weight excluding hydrogens is 552 g/mol. The zero-order valence-electron chi connectivity index (χ0n) is 19.7. The van der Waals surface area contributed by atoms with Gasteiger partial charge in [-0.3, -0.25) is 9.13 Å². The molecule has 1 unspecified atom stereocenters. The smallest absolute Gasteiger partial charge is 0.790 e. The van der Waals surface area contributed by atoms with Gasteiger partial charge >= 0.3 is 75.4 Å². The molecule has 0 spiro atoms. The third-order valence-corrected chi connectivity index (χ3v) is 6.23. The second kappa shape index (κ2) is 16.8. The summed E-state index contributed by atoms with van der Waals surface area (Å²) in [5.41, 5.74) is 5.73. The number of imidazole rings is 1. The molecule has 0 amide bonds. The monoisotopic (exact) mass is 567 g/mol. The summed E-state index contributed by atoms with van der Waals surface area (Å²) in [5.74, 6) is -0.0456. The Morgan fingerprint density at radius 1 is 1.11 bits per heavy atom. The summed E-state index contributed by atoms with van der Waals surface area (Å²) >= 11 is 0. The van der Waals surface area contributed by atoms with Crippen molar-refractivity contribution in [1.82, 2.24) is 19.5 Å². The number of nitrogen functional groups attached to an aromatic ring is 1. The Morgan fingerprint density at radius 3 is 2.19 bits per heavy atom. The molecule has 0 bridgehead atoms. The Morgan fingerprint density at radius 2 is 1.68 bits per heavy atom. The minimum absolute atomic E-state index is 0. The van der Waals surface area contributed by atoms with Gasteiger partial charge in [0.25, 0.3) is 7.82 Å². The first kappa shape index (κ1) is 44.7. The fourth-order valence-electron chi connectivity index (χ4n) is 2.72. The van der Waals surface area contributed by atoms with Crippen LogP contribution >= 0.6 is 15.6 Å². The van der Waals surface area contributed by atoms with Crippen molar-refractivity contribution in [2.45, 2.75) is 24.5 Å². The molecule has 1 fully saturated rings. The van der Waals surface area contributed by atoms with Crippen molar-refractivity contribution in [3.8, 4) is 0 Å². The van der Waals surface area contributed by atoms with E-state index >= 15 is 0 Å². The van der Waals surface area contributed by atoms with Crippen LogP contribution in [0.5, 0.6) is 0 Å². The topological polar surface area (TPSA) is 350 Å². The standard InChI is InChI=1S/C10H15N5O13P2S.4Li.2H2O/c11-8-5-9(13-2-12-8)15(3-14-5)10-6(16)7(27-29(17,18)19)4(26-10)1-25-30(20,21)28-31(22,23)24;;;;;;/h2-4,6-7,10,16H,1H2,(H,20,21)(H2,11,12,13)(H2,17,18,19)(H,22,23,24);;;;;2*1H2/q;4*+1;;/p-4/t4-,6-,7-,10-;;;;;;/m1....../s1. The molecule has 2 aromatic rings. The van der Waals surface area contributed by atoms with Crippen LogP contribution in [0.1, 0.15) is 6.23 Å². The minimum Gasteiger partial charge on any atom is -0.790 e. The Bertz CT molecular complexity index is 1190. The Balaban J connectivity index is -0.000000907. The van der Waals surface area contributed by atoms with E-state index < -0.39 is 57.2 Å². The van der Waals surface area contributed by atoms with Gasteiger partial charge in [0.15, 0.2) is 17.7 Å². The summed E-state index contributed by atoms with van der Waals surface area (Å²) in [7, 11) is -17.2. The number of phosphoric acid groups is 2. The van der Waals surface area contributed by atoms with Gasteiger partial charge in [0.1, 0.15) is 30.2 Å². The summed E-state index contributed by atoms with van der Waals surface area (Å²) in [6.45, 7) is -1.21. The van der Waals surface area contributed by atoms with Crippen LogP contribution in [-0.4, -0.2) is 73.5 Å². The third kappa shape index (κ3) is 12.0. The van der Waals surface area contributed by atoms with Gasteiger partial charge in [-0.05, 0) is 0 Å². The van der Waals surface area contributed by atoms with E-state index in [-0.39, 0.29) is 103 Å². The van der Waals surface area contributed by atoms with Gasteiger partial charge in [-0.15, -0.1) is 0 Å². The SMILES string of the molecule is Nc1ncnc2c1ncn2[C@@H]1O[C@H](COP(=O)([O-])OS(=O)(=O)[O-])[C@@H](OP(=O)([O-])[O-])[C@H]1O.O.O.[Li+].[Li+].[Li+].[Li+].